The Bertz CT molecular complexity index is 592. The molecule has 20 heavy (non-hydrogen) atoms. The maximum Gasteiger partial charge on any atom is 0.405 e. The van der Waals surface area contributed by atoms with Crippen molar-refractivity contribution in [2.24, 2.45) is 0 Å². The molecule has 6 nitrogen and oxygen atoms in total. The zero-order valence-corrected chi connectivity index (χ0v) is 10.3. The number of alkyl halides is 3. The van der Waals surface area contributed by atoms with E-state index in [0.717, 1.165) is 16.8 Å². The van der Waals surface area contributed by atoms with E-state index < -0.39 is 42.1 Å². The van der Waals surface area contributed by atoms with Gasteiger partial charge in [0.15, 0.2) is 5.43 Å². The van der Waals surface area contributed by atoms with Crippen molar-refractivity contribution in [1.82, 2.24) is 9.88 Å². The van der Waals surface area contributed by atoms with Crippen LogP contribution in [0.2, 0.25) is 0 Å². The number of pyridine rings is 1. The second kappa shape index (κ2) is 5.76. The minimum Gasteiger partial charge on any atom is -0.477 e. The molecule has 0 aliphatic carbocycles. The van der Waals surface area contributed by atoms with Crippen molar-refractivity contribution in [3.05, 3.63) is 33.7 Å². The SMILES string of the molecule is Cc1cc(=O)c(C(=O)O)cn1CC(=O)NCC(F)(F)F. The van der Waals surface area contributed by atoms with Crippen LogP contribution in [0.5, 0.6) is 0 Å². The lowest BCUT2D eigenvalue weighted by atomic mass is 10.2. The number of carboxylic acids is 1. The van der Waals surface area contributed by atoms with Gasteiger partial charge >= 0.3 is 12.1 Å². The molecule has 0 bridgehead atoms. The predicted molar refractivity (Wildman–Crippen MR) is 61.5 cm³/mol. The molecule has 0 aromatic carbocycles. The Balaban J connectivity index is 2.87. The quantitative estimate of drug-likeness (QED) is 0.847. The molecule has 0 saturated heterocycles. The Morgan fingerprint density at radius 1 is 1.40 bits per heavy atom. The summed E-state index contributed by atoms with van der Waals surface area (Å²) in [6.07, 6.45) is -3.60. The van der Waals surface area contributed by atoms with E-state index in [-0.39, 0.29) is 5.69 Å². The predicted octanol–water partition coefficient (Wildman–Crippen LogP) is 0.533. The fraction of sp³-hybridized carbons (Fsp3) is 0.364. The normalized spacial score (nSPS) is 11.2. The molecule has 1 aromatic rings. The number of nitrogens with zero attached hydrogens (tertiary/aromatic N) is 1. The van der Waals surface area contributed by atoms with Crippen molar-refractivity contribution in [2.45, 2.75) is 19.6 Å². The number of aromatic carboxylic acids is 1. The maximum absolute atomic E-state index is 11.9. The molecule has 1 amide bonds. The van der Waals surface area contributed by atoms with Crippen molar-refractivity contribution in [1.29, 1.82) is 0 Å². The summed E-state index contributed by atoms with van der Waals surface area (Å²) in [6, 6.07) is 1.00. The van der Waals surface area contributed by atoms with E-state index in [2.05, 4.69) is 0 Å². The number of hydrogen-bond acceptors (Lipinski definition) is 3. The molecule has 0 radical (unpaired) electrons. The molecule has 0 aliphatic heterocycles. The lowest BCUT2D eigenvalue weighted by Gasteiger charge is -2.12. The van der Waals surface area contributed by atoms with E-state index in [1.807, 2.05) is 0 Å². The standard InChI is InChI=1S/C11H11F3N2O4/c1-6-2-8(17)7(10(19)20)3-16(6)4-9(18)15-5-11(12,13)14/h2-3H,4-5H2,1H3,(H,15,18)(H,19,20). The lowest BCUT2D eigenvalue weighted by molar-refractivity contribution is -0.138. The Morgan fingerprint density at radius 2 is 2.00 bits per heavy atom. The van der Waals surface area contributed by atoms with Crippen molar-refractivity contribution in [3.63, 3.8) is 0 Å². The molecule has 2 N–H and O–H groups in total. The topological polar surface area (TPSA) is 88.4 Å². The van der Waals surface area contributed by atoms with Crippen LogP contribution < -0.4 is 10.7 Å². The van der Waals surface area contributed by atoms with Crippen molar-refractivity contribution < 1.29 is 27.9 Å². The number of nitrogens with one attached hydrogen (secondary N) is 1. The Labute approximate surface area is 110 Å². The smallest absolute Gasteiger partial charge is 0.405 e. The zero-order valence-electron chi connectivity index (χ0n) is 10.3. The Hall–Kier alpha value is -2.32. The summed E-state index contributed by atoms with van der Waals surface area (Å²) >= 11 is 0. The van der Waals surface area contributed by atoms with Gasteiger partial charge in [0.1, 0.15) is 18.7 Å². The molecule has 0 saturated carbocycles. The Kier molecular flexibility index (Phi) is 4.53. The van der Waals surface area contributed by atoms with Crippen LogP contribution in [0.25, 0.3) is 0 Å². The molecule has 0 fully saturated rings. The van der Waals surface area contributed by atoms with Gasteiger partial charge in [0.25, 0.3) is 0 Å². The first-order chi connectivity index (χ1) is 9.10. The zero-order chi connectivity index (χ0) is 15.5. The average Bonchev–Trinajstić information content (AvgIpc) is 2.28. The van der Waals surface area contributed by atoms with Crippen LogP contribution in [0.1, 0.15) is 16.1 Å². The van der Waals surface area contributed by atoms with Crippen LogP contribution in [-0.2, 0) is 11.3 Å². The van der Waals surface area contributed by atoms with Gasteiger partial charge in [0.2, 0.25) is 5.91 Å². The first kappa shape index (κ1) is 15.7. The minimum absolute atomic E-state index is 0.266. The maximum atomic E-state index is 11.9. The third-order valence-electron chi connectivity index (χ3n) is 2.37. The number of halogens is 3. The number of carbonyl (C=O) groups excluding carboxylic acids is 1. The van der Waals surface area contributed by atoms with Gasteiger partial charge in [0, 0.05) is 18.0 Å². The van der Waals surface area contributed by atoms with E-state index in [4.69, 9.17) is 5.11 Å². The summed E-state index contributed by atoms with van der Waals surface area (Å²) < 4.78 is 36.8. The van der Waals surface area contributed by atoms with Gasteiger partial charge in [-0.3, -0.25) is 9.59 Å². The number of aryl methyl sites for hydroxylation is 1. The third kappa shape index (κ3) is 4.41. The van der Waals surface area contributed by atoms with E-state index in [1.165, 1.54) is 6.92 Å². The number of carbonyl (C=O) groups is 2. The van der Waals surface area contributed by atoms with Crippen LogP contribution in [-0.4, -0.2) is 34.3 Å². The molecule has 0 atom stereocenters. The van der Waals surface area contributed by atoms with E-state index in [9.17, 15) is 27.6 Å². The first-order valence-electron chi connectivity index (χ1n) is 5.38. The molecule has 110 valence electrons. The van der Waals surface area contributed by atoms with E-state index >= 15 is 0 Å². The summed E-state index contributed by atoms with van der Waals surface area (Å²) in [5.41, 5.74) is -1.02. The van der Waals surface area contributed by atoms with Crippen LogP contribution in [0.4, 0.5) is 13.2 Å². The molecular formula is C11H11F3N2O4. The Morgan fingerprint density at radius 3 is 2.50 bits per heavy atom. The van der Waals surface area contributed by atoms with Gasteiger partial charge in [-0.15, -0.1) is 0 Å². The van der Waals surface area contributed by atoms with E-state index in [0.29, 0.717) is 0 Å². The first-order valence-corrected chi connectivity index (χ1v) is 5.38. The van der Waals surface area contributed by atoms with E-state index in [1.54, 1.807) is 5.32 Å². The third-order valence-corrected chi connectivity index (χ3v) is 2.37. The van der Waals surface area contributed by atoms with Crippen LogP contribution >= 0.6 is 0 Å². The largest absolute Gasteiger partial charge is 0.477 e. The monoisotopic (exact) mass is 292 g/mol. The second-order valence-corrected chi connectivity index (χ2v) is 4.02. The minimum atomic E-state index is -4.53. The van der Waals surface area contributed by atoms with Crippen LogP contribution in [0.3, 0.4) is 0 Å². The van der Waals surface area contributed by atoms with Gasteiger partial charge < -0.3 is 15.0 Å². The molecular weight excluding hydrogens is 281 g/mol. The number of rotatable bonds is 4. The summed E-state index contributed by atoms with van der Waals surface area (Å²) in [5, 5.41) is 10.4. The highest BCUT2D eigenvalue weighted by molar-refractivity contribution is 5.87. The van der Waals surface area contributed by atoms with Crippen LogP contribution in [0.15, 0.2) is 17.1 Å². The summed E-state index contributed by atoms with van der Waals surface area (Å²) in [4.78, 5) is 33.4. The van der Waals surface area contributed by atoms with Gasteiger partial charge in [0.05, 0.1) is 0 Å². The number of carboxylic acid groups (broad SMARTS) is 1. The number of aromatic nitrogens is 1. The van der Waals surface area contributed by atoms with Crippen molar-refractivity contribution in [3.8, 4) is 0 Å². The summed E-state index contributed by atoms with van der Waals surface area (Å²) in [6.45, 7) is -0.552. The fourth-order valence-electron chi connectivity index (χ4n) is 1.41. The molecule has 0 aliphatic rings. The van der Waals surface area contributed by atoms with Gasteiger partial charge in [-0.1, -0.05) is 0 Å². The van der Waals surface area contributed by atoms with Crippen molar-refractivity contribution >= 4 is 11.9 Å². The molecule has 1 aromatic heterocycles. The molecule has 1 rings (SSSR count). The fourth-order valence-corrected chi connectivity index (χ4v) is 1.41. The summed E-state index contributed by atoms with van der Waals surface area (Å²) in [7, 11) is 0. The highest BCUT2D eigenvalue weighted by Crippen LogP contribution is 2.12. The molecule has 9 heteroatoms. The molecule has 1 heterocycles. The number of amides is 1. The van der Waals surface area contributed by atoms with Crippen LogP contribution in [0, 0.1) is 6.92 Å². The number of hydrogen-bond donors (Lipinski definition) is 2. The lowest BCUT2D eigenvalue weighted by Crippen LogP contribution is -2.36. The molecule has 0 unspecified atom stereocenters. The van der Waals surface area contributed by atoms with Gasteiger partial charge in [-0.25, -0.2) is 4.79 Å². The highest BCUT2D eigenvalue weighted by Gasteiger charge is 2.27. The molecule has 0 spiro atoms. The van der Waals surface area contributed by atoms with Gasteiger partial charge in [-0.2, -0.15) is 13.2 Å². The summed E-state index contributed by atoms with van der Waals surface area (Å²) in [5.74, 6) is -2.41. The highest BCUT2D eigenvalue weighted by atomic mass is 19.4. The second-order valence-electron chi connectivity index (χ2n) is 4.02. The average molecular weight is 292 g/mol. The van der Waals surface area contributed by atoms with Crippen molar-refractivity contribution in [2.75, 3.05) is 6.54 Å². The van der Waals surface area contributed by atoms with Gasteiger partial charge in [-0.05, 0) is 6.92 Å².